The number of rotatable bonds is 4. The zero-order valence-electron chi connectivity index (χ0n) is 14.3. The topological polar surface area (TPSA) is 64.9 Å². The third-order valence-corrected chi connectivity index (χ3v) is 4.33. The number of hydroxylamine groups is 1. The monoisotopic (exact) mass is 367 g/mol. The highest BCUT2D eigenvalue weighted by atomic mass is 19.4. The molecular weight excluding hydrogens is 347 g/mol. The minimum atomic E-state index is -4.38. The van der Waals surface area contributed by atoms with E-state index in [9.17, 15) is 18.0 Å². The number of amides is 1. The number of nitrogens with zero attached hydrogens (tertiary/aromatic N) is 2. The van der Waals surface area contributed by atoms with E-state index < -0.39 is 17.6 Å². The summed E-state index contributed by atoms with van der Waals surface area (Å²) < 4.78 is 39.6. The zero-order chi connectivity index (χ0) is 19.3. The normalized spacial score (nSPS) is 18.8. The van der Waals surface area contributed by atoms with Crippen molar-refractivity contribution in [1.29, 1.82) is 0 Å². The molecule has 5 nitrogen and oxygen atoms in total. The van der Waals surface area contributed by atoms with Crippen LogP contribution in [0.15, 0.2) is 53.7 Å². The number of carbonyl (C=O) groups excluding carboxylic acids is 1. The van der Waals surface area contributed by atoms with Crippen LogP contribution in [0.1, 0.15) is 30.4 Å². The SMILES string of the molecule is C=C/C(=C\N=C(/C)N1CC[C@H](c2ccccc2C(F)(F)F)C1)C(=O)NO. The van der Waals surface area contributed by atoms with E-state index in [1.165, 1.54) is 29.9 Å². The summed E-state index contributed by atoms with van der Waals surface area (Å²) in [5.41, 5.74) is 1.25. The van der Waals surface area contributed by atoms with Gasteiger partial charge in [0.05, 0.1) is 11.1 Å². The molecule has 1 fully saturated rings. The molecule has 1 heterocycles. The molecule has 0 saturated carbocycles. The van der Waals surface area contributed by atoms with E-state index in [0.717, 1.165) is 6.07 Å². The summed E-state index contributed by atoms with van der Waals surface area (Å²) in [5, 5.41) is 8.63. The Kier molecular flexibility index (Phi) is 6.20. The Labute approximate surface area is 149 Å². The van der Waals surface area contributed by atoms with Crippen LogP contribution >= 0.6 is 0 Å². The molecule has 1 aromatic carbocycles. The zero-order valence-corrected chi connectivity index (χ0v) is 14.3. The summed E-state index contributed by atoms with van der Waals surface area (Å²) in [6, 6.07) is 5.62. The molecule has 0 spiro atoms. The number of carbonyl (C=O) groups is 1. The maximum atomic E-state index is 13.2. The molecule has 8 heteroatoms. The van der Waals surface area contributed by atoms with E-state index in [0.29, 0.717) is 25.3 Å². The van der Waals surface area contributed by atoms with Crippen molar-refractivity contribution in [3.63, 3.8) is 0 Å². The van der Waals surface area contributed by atoms with Gasteiger partial charge < -0.3 is 4.90 Å². The van der Waals surface area contributed by atoms with Crippen LogP contribution in [0.5, 0.6) is 0 Å². The van der Waals surface area contributed by atoms with E-state index in [4.69, 9.17) is 5.21 Å². The maximum absolute atomic E-state index is 13.2. The standard InChI is InChI=1S/C18H20F3N3O2/c1-3-13(17(25)23-26)10-22-12(2)24-9-8-14(11-24)15-6-4-5-7-16(15)18(19,20)21/h3-7,10,14,26H,1,8-9,11H2,2H3,(H,23,25)/b13-10+,22-12+/t14-/m0/s1. The van der Waals surface area contributed by atoms with E-state index in [1.54, 1.807) is 13.0 Å². The lowest BCUT2D eigenvalue weighted by Crippen LogP contribution is -2.26. The molecule has 1 amide bonds. The fourth-order valence-electron chi connectivity index (χ4n) is 2.93. The van der Waals surface area contributed by atoms with Gasteiger partial charge in [-0.25, -0.2) is 10.5 Å². The van der Waals surface area contributed by atoms with Crippen molar-refractivity contribution in [3.05, 3.63) is 59.8 Å². The first kappa shape index (κ1) is 19.7. The molecule has 1 saturated heterocycles. The van der Waals surface area contributed by atoms with Gasteiger partial charge in [-0.05, 0) is 25.0 Å². The van der Waals surface area contributed by atoms with Crippen LogP contribution in [0.4, 0.5) is 13.2 Å². The number of benzene rings is 1. The van der Waals surface area contributed by atoms with Gasteiger partial charge in [-0.15, -0.1) is 0 Å². The van der Waals surface area contributed by atoms with E-state index in [1.807, 2.05) is 4.90 Å². The molecule has 1 aromatic rings. The summed E-state index contributed by atoms with van der Waals surface area (Å²) in [5.74, 6) is -0.418. The van der Waals surface area contributed by atoms with Gasteiger partial charge in [0.25, 0.3) is 5.91 Å². The second-order valence-electron chi connectivity index (χ2n) is 5.92. The first-order valence-corrected chi connectivity index (χ1v) is 8.00. The first-order chi connectivity index (χ1) is 12.3. The Morgan fingerprint density at radius 1 is 1.42 bits per heavy atom. The lowest BCUT2D eigenvalue weighted by Gasteiger charge is -2.20. The summed E-state index contributed by atoms with van der Waals surface area (Å²) in [6.07, 6.45) is -1.30. The number of likely N-dealkylation sites (tertiary alicyclic amines) is 1. The van der Waals surface area contributed by atoms with Gasteiger partial charge in [0, 0.05) is 25.2 Å². The molecule has 2 rings (SSSR count). The van der Waals surface area contributed by atoms with Crippen LogP contribution in [0.2, 0.25) is 0 Å². The fourth-order valence-corrected chi connectivity index (χ4v) is 2.93. The predicted molar refractivity (Wildman–Crippen MR) is 91.7 cm³/mol. The molecule has 1 aliphatic heterocycles. The summed E-state index contributed by atoms with van der Waals surface area (Å²) in [4.78, 5) is 17.4. The average molecular weight is 367 g/mol. The van der Waals surface area contributed by atoms with Crippen molar-refractivity contribution in [2.24, 2.45) is 4.99 Å². The minimum absolute atomic E-state index is 0.0741. The highest BCUT2D eigenvalue weighted by Gasteiger charge is 2.36. The van der Waals surface area contributed by atoms with Crippen LogP contribution < -0.4 is 5.48 Å². The molecule has 0 radical (unpaired) electrons. The predicted octanol–water partition coefficient (Wildman–Crippen LogP) is 3.49. The van der Waals surface area contributed by atoms with Crippen molar-refractivity contribution in [1.82, 2.24) is 10.4 Å². The Hall–Kier alpha value is -2.61. The van der Waals surface area contributed by atoms with Gasteiger partial charge in [-0.3, -0.25) is 10.0 Å². The van der Waals surface area contributed by atoms with Crippen molar-refractivity contribution in [2.75, 3.05) is 13.1 Å². The number of amidine groups is 1. The van der Waals surface area contributed by atoms with Crippen LogP contribution in [0.25, 0.3) is 0 Å². The van der Waals surface area contributed by atoms with Gasteiger partial charge in [-0.2, -0.15) is 13.2 Å². The average Bonchev–Trinajstić information content (AvgIpc) is 3.11. The lowest BCUT2D eigenvalue weighted by molar-refractivity contribution is -0.138. The van der Waals surface area contributed by atoms with Crippen molar-refractivity contribution >= 4 is 11.7 Å². The number of hydrogen-bond acceptors (Lipinski definition) is 3. The van der Waals surface area contributed by atoms with E-state index in [2.05, 4.69) is 11.6 Å². The molecule has 0 unspecified atom stereocenters. The molecule has 26 heavy (non-hydrogen) atoms. The number of hydrogen-bond donors (Lipinski definition) is 2. The smallest absolute Gasteiger partial charge is 0.360 e. The summed E-state index contributed by atoms with van der Waals surface area (Å²) in [7, 11) is 0. The van der Waals surface area contributed by atoms with Crippen LogP contribution in [0.3, 0.4) is 0 Å². The number of halogens is 3. The second kappa shape index (κ2) is 8.18. The van der Waals surface area contributed by atoms with Gasteiger partial charge in [0.2, 0.25) is 0 Å². The first-order valence-electron chi connectivity index (χ1n) is 8.00. The molecule has 2 N–H and O–H groups in total. The van der Waals surface area contributed by atoms with Crippen LogP contribution in [-0.4, -0.2) is 34.9 Å². The van der Waals surface area contributed by atoms with E-state index in [-0.39, 0.29) is 17.1 Å². The molecule has 0 aromatic heterocycles. The summed E-state index contributed by atoms with van der Waals surface area (Å²) in [6.45, 7) is 6.15. The largest absolute Gasteiger partial charge is 0.416 e. The molecule has 1 aliphatic rings. The van der Waals surface area contributed by atoms with Gasteiger partial charge in [-0.1, -0.05) is 30.9 Å². The number of aliphatic imine (C=N–C) groups is 1. The summed E-state index contributed by atoms with van der Waals surface area (Å²) >= 11 is 0. The lowest BCUT2D eigenvalue weighted by atomic mass is 9.93. The fraction of sp³-hybridized carbons (Fsp3) is 0.333. The number of alkyl halides is 3. The third-order valence-electron chi connectivity index (χ3n) is 4.33. The van der Waals surface area contributed by atoms with Crippen LogP contribution in [-0.2, 0) is 11.0 Å². The molecule has 1 atom stereocenters. The highest BCUT2D eigenvalue weighted by molar-refractivity contribution is 5.95. The Morgan fingerprint density at radius 3 is 2.73 bits per heavy atom. The molecular formula is C18H20F3N3O2. The van der Waals surface area contributed by atoms with E-state index >= 15 is 0 Å². The highest BCUT2D eigenvalue weighted by Crippen LogP contribution is 2.38. The second-order valence-corrected chi connectivity index (χ2v) is 5.92. The minimum Gasteiger partial charge on any atom is -0.360 e. The van der Waals surface area contributed by atoms with Crippen molar-refractivity contribution < 1.29 is 23.2 Å². The molecule has 0 bridgehead atoms. The van der Waals surface area contributed by atoms with Crippen molar-refractivity contribution in [2.45, 2.75) is 25.4 Å². The quantitative estimate of drug-likeness (QED) is 0.214. The molecule has 140 valence electrons. The van der Waals surface area contributed by atoms with Gasteiger partial charge in [0.1, 0.15) is 5.84 Å². The third kappa shape index (κ3) is 4.51. The maximum Gasteiger partial charge on any atom is 0.416 e. The van der Waals surface area contributed by atoms with Crippen molar-refractivity contribution in [3.8, 4) is 0 Å². The van der Waals surface area contributed by atoms with Gasteiger partial charge in [0.15, 0.2) is 0 Å². The molecule has 0 aliphatic carbocycles. The Morgan fingerprint density at radius 2 is 2.12 bits per heavy atom. The Balaban J connectivity index is 2.16. The Bertz CT molecular complexity index is 741. The number of nitrogens with one attached hydrogen (secondary N) is 1. The van der Waals surface area contributed by atoms with Crippen LogP contribution in [0, 0.1) is 0 Å². The van der Waals surface area contributed by atoms with Gasteiger partial charge >= 0.3 is 6.18 Å².